The fourth-order valence-electron chi connectivity index (χ4n) is 5.03. The number of hydrogen-bond acceptors (Lipinski definition) is 4. The molecule has 4 rings (SSSR count). The number of piperazine rings is 1. The summed E-state index contributed by atoms with van der Waals surface area (Å²) >= 11 is 0. The SMILES string of the molecule is NCC[C@H]1C(=O)N(Cc2ccccc2F)C[C@@H]2N(C(=O)NCc3cc(C(F)(F)F)cc(C(F)(F)F)c3)CCC(=O)N21. The van der Waals surface area contributed by atoms with Crippen LogP contribution in [0.15, 0.2) is 42.5 Å². The van der Waals surface area contributed by atoms with E-state index >= 15 is 0 Å². The van der Waals surface area contributed by atoms with E-state index in [0.29, 0.717) is 12.1 Å². The lowest BCUT2D eigenvalue weighted by atomic mass is 10.0. The van der Waals surface area contributed by atoms with Gasteiger partial charge in [-0.2, -0.15) is 26.3 Å². The Morgan fingerprint density at radius 2 is 1.63 bits per heavy atom. The molecule has 0 unspecified atom stereocenters. The van der Waals surface area contributed by atoms with Crippen LogP contribution in [0.4, 0.5) is 35.5 Å². The van der Waals surface area contributed by atoms with Crippen molar-refractivity contribution in [2.24, 2.45) is 5.73 Å². The minimum atomic E-state index is -5.05. The molecule has 2 aliphatic rings. The van der Waals surface area contributed by atoms with Gasteiger partial charge < -0.3 is 25.8 Å². The molecule has 2 saturated heterocycles. The fraction of sp³-hybridized carbons (Fsp3) is 0.423. The van der Waals surface area contributed by atoms with Crippen LogP contribution in [0, 0.1) is 5.82 Å². The summed E-state index contributed by atoms with van der Waals surface area (Å²) < 4.78 is 93.7. The number of benzene rings is 2. The van der Waals surface area contributed by atoms with Crippen molar-refractivity contribution < 1.29 is 45.1 Å². The van der Waals surface area contributed by atoms with Crippen molar-refractivity contribution in [1.29, 1.82) is 0 Å². The van der Waals surface area contributed by atoms with E-state index in [2.05, 4.69) is 5.32 Å². The number of nitrogens with zero attached hydrogens (tertiary/aromatic N) is 3. The first-order chi connectivity index (χ1) is 19.2. The number of alkyl halides is 6. The van der Waals surface area contributed by atoms with Crippen LogP contribution < -0.4 is 11.1 Å². The summed E-state index contributed by atoms with van der Waals surface area (Å²) in [6.45, 7) is -1.14. The van der Waals surface area contributed by atoms with Crippen molar-refractivity contribution in [1.82, 2.24) is 20.0 Å². The molecule has 4 amide bonds. The van der Waals surface area contributed by atoms with Crippen molar-refractivity contribution in [2.75, 3.05) is 19.6 Å². The fourth-order valence-corrected chi connectivity index (χ4v) is 5.03. The number of halogens is 7. The quantitative estimate of drug-likeness (QED) is 0.503. The van der Waals surface area contributed by atoms with Crippen LogP contribution in [0.1, 0.15) is 35.1 Å². The molecule has 2 aromatic carbocycles. The Hall–Kier alpha value is -3.88. The van der Waals surface area contributed by atoms with E-state index in [0.717, 1.165) is 0 Å². The zero-order valence-electron chi connectivity index (χ0n) is 21.4. The molecule has 0 aromatic heterocycles. The minimum absolute atomic E-state index is 0.0137. The molecule has 0 aliphatic carbocycles. The van der Waals surface area contributed by atoms with Crippen LogP contribution in [-0.2, 0) is 35.0 Å². The smallest absolute Gasteiger partial charge is 0.334 e. The van der Waals surface area contributed by atoms with Crippen molar-refractivity contribution in [2.45, 2.75) is 50.5 Å². The summed E-state index contributed by atoms with van der Waals surface area (Å²) in [5.74, 6) is -1.48. The first-order valence-corrected chi connectivity index (χ1v) is 12.6. The third kappa shape index (κ3) is 6.55. The molecule has 2 heterocycles. The zero-order chi connectivity index (χ0) is 30.1. The number of nitrogens with one attached hydrogen (secondary N) is 1. The molecule has 15 heteroatoms. The summed E-state index contributed by atoms with van der Waals surface area (Å²) in [5.41, 5.74) is 2.40. The summed E-state index contributed by atoms with van der Waals surface area (Å²) in [6, 6.07) is 4.84. The highest BCUT2D eigenvalue weighted by molar-refractivity contribution is 5.91. The van der Waals surface area contributed by atoms with Gasteiger partial charge in [0, 0.05) is 31.6 Å². The topological polar surface area (TPSA) is 99.0 Å². The van der Waals surface area contributed by atoms with Gasteiger partial charge in [0.2, 0.25) is 11.8 Å². The van der Waals surface area contributed by atoms with Crippen LogP contribution >= 0.6 is 0 Å². The Kier molecular flexibility index (Phi) is 8.47. The maximum absolute atomic E-state index is 14.3. The first kappa shape index (κ1) is 30.1. The highest BCUT2D eigenvalue weighted by Crippen LogP contribution is 2.36. The van der Waals surface area contributed by atoms with Gasteiger partial charge in [0.05, 0.1) is 17.7 Å². The molecule has 0 saturated carbocycles. The highest BCUT2D eigenvalue weighted by atomic mass is 19.4. The van der Waals surface area contributed by atoms with E-state index in [1.807, 2.05) is 0 Å². The second-order valence-corrected chi connectivity index (χ2v) is 9.70. The van der Waals surface area contributed by atoms with E-state index in [4.69, 9.17) is 5.73 Å². The number of hydrogen-bond donors (Lipinski definition) is 2. The van der Waals surface area contributed by atoms with Crippen LogP contribution in [0.2, 0.25) is 0 Å². The first-order valence-electron chi connectivity index (χ1n) is 12.6. The molecule has 3 N–H and O–H groups in total. The van der Waals surface area contributed by atoms with Gasteiger partial charge in [-0.15, -0.1) is 0 Å². The van der Waals surface area contributed by atoms with Crippen LogP contribution in [0.3, 0.4) is 0 Å². The van der Waals surface area contributed by atoms with Gasteiger partial charge in [-0.3, -0.25) is 9.59 Å². The molecule has 2 atom stereocenters. The lowest BCUT2D eigenvalue weighted by molar-refractivity contribution is -0.167. The van der Waals surface area contributed by atoms with Crippen molar-refractivity contribution >= 4 is 17.8 Å². The summed E-state index contributed by atoms with van der Waals surface area (Å²) in [6.07, 6.45) is -11.3. The van der Waals surface area contributed by atoms with Crippen molar-refractivity contribution in [3.63, 3.8) is 0 Å². The minimum Gasteiger partial charge on any atom is -0.334 e. The molecule has 222 valence electrons. The molecular formula is C26H26F7N5O3. The molecule has 0 spiro atoms. The summed E-state index contributed by atoms with van der Waals surface area (Å²) in [5, 5.41) is 2.33. The Balaban J connectivity index is 1.58. The standard InChI is InChI=1S/C26H26F7N5O3/c27-19-4-2-1-3-16(19)13-36-14-21-37(8-6-22(39)38(21)20(5-7-34)23(36)40)24(41)35-12-15-9-17(25(28,29)30)11-18(10-15)26(31,32)33/h1-4,9-11,20-21H,5-8,12-14,34H2,(H,35,41)/t20-,21+/m0/s1. The Morgan fingerprint density at radius 1 is 1.00 bits per heavy atom. The number of amides is 4. The molecular weight excluding hydrogens is 563 g/mol. The third-order valence-corrected chi connectivity index (χ3v) is 6.96. The maximum Gasteiger partial charge on any atom is 0.416 e. The Bertz CT molecular complexity index is 1280. The third-order valence-electron chi connectivity index (χ3n) is 6.96. The average Bonchev–Trinajstić information content (AvgIpc) is 2.90. The maximum atomic E-state index is 14.3. The van der Waals surface area contributed by atoms with E-state index < -0.39 is 71.5 Å². The Labute approximate surface area is 229 Å². The van der Waals surface area contributed by atoms with Crippen LogP contribution in [0.5, 0.6) is 0 Å². The monoisotopic (exact) mass is 589 g/mol. The zero-order valence-corrected chi connectivity index (χ0v) is 21.4. The predicted molar refractivity (Wildman–Crippen MR) is 130 cm³/mol. The van der Waals surface area contributed by atoms with Crippen molar-refractivity contribution in [3.8, 4) is 0 Å². The highest BCUT2D eigenvalue weighted by Gasteiger charge is 2.48. The lowest BCUT2D eigenvalue weighted by Gasteiger charge is -2.52. The van der Waals surface area contributed by atoms with Gasteiger partial charge >= 0.3 is 18.4 Å². The second kappa shape index (κ2) is 11.5. The number of carbonyl (C=O) groups excluding carboxylic acids is 3. The molecule has 2 fully saturated rings. The number of carbonyl (C=O) groups is 3. The van der Waals surface area contributed by atoms with Crippen LogP contribution in [0.25, 0.3) is 0 Å². The van der Waals surface area contributed by atoms with Gasteiger partial charge in [0.1, 0.15) is 18.0 Å². The molecule has 2 aliphatic heterocycles. The summed E-state index contributed by atoms with van der Waals surface area (Å²) in [7, 11) is 0. The van der Waals surface area contributed by atoms with E-state index in [1.54, 1.807) is 6.07 Å². The predicted octanol–water partition coefficient (Wildman–Crippen LogP) is 3.69. The summed E-state index contributed by atoms with van der Waals surface area (Å²) in [4.78, 5) is 43.1. The normalized spacial score (nSPS) is 19.9. The Morgan fingerprint density at radius 3 is 2.22 bits per heavy atom. The van der Waals surface area contributed by atoms with Crippen molar-refractivity contribution in [3.05, 3.63) is 70.5 Å². The number of urea groups is 1. The molecule has 0 radical (unpaired) electrons. The number of nitrogens with two attached hydrogens (primary N) is 1. The van der Waals surface area contributed by atoms with Gasteiger partial charge in [0.15, 0.2) is 0 Å². The molecule has 2 aromatic rings. The van der Waals surface area contributed by atoms with Gasteiger partial charge in [-0.1, -0.05) is 18.2 Å². The second-order valence-electron chi connectivity index (χ2n) is 9.70. The van der Waals surface area contributed by atoms with E-state index in [1.165, 1.54) is 32.9 Å². The number of rotatable bonds is 6. The van der Waals surface area contributed by atoms with Crippen LogP contribution in [-0.4, -0.2) is 64.4 Å². The van der Waals surface area contributed by atoms with Gasteiger partial charge in [0.25, 0.3) is 0 Å². The molecule has 0 bridgehead atoms. The van der Waals surface area contributed by atoms with Gasteiger partial charge in [-0.05, 0) is 42.8 Å². The number of fused-ring (bicyclic) bond motifs is 1. The van der Waals surface area contributed by atoms with Gasteiger partial charge in [-0.25, -0.2) is 9.18 Å². The lowest BCUT2D eigenvalue weighted by Crippen LogP contribution is -2.72. The van der Waals surface area contributed by atoms with E-state index in [9.17, 15) is 45.1 Å². The van der Waals surface area contributed by atoms with E-state index in [-0.39, 0.29) is 50.7 Å². The average molecular weight is 590 g/mol. The molecule has 8 nitrogen and oxygen atoms in total. The molecule has 41 heavy (non-hydrogen) atoms. The largest absolute Gasteiger partial charge is 0.416 e.